The van der Waals surface area contributed by atoms with Crippen LogP contribution in [0.1, 0.15) is 41.0 Å². The average molecular weight is 168 g/mol. The quantitative estimate of drug-likeness (QED) is 0.542. The zero-order chi connectivity index (χ0) is 9.35. The second-order valence-electron chi connectivity index (χ2n) is 4.64. The molecule has 1 aliphatic heterocycles. The van der Waals surface area contributed by atoms with Crippen molar-refractivity contribution in [3.05, 3.63) is 0 Å². The first-order valence-corrected chi connectivity index (χ1v) is 4.73. The lowest BCUT2D eigenvalue weighted by molar-refractivity contribution is 0.217. The summed E-state index contributed by atoms with van der Waals surface area (Å²) in [6, 6.07) is 0.517. The van der Waals surface area contributed by atoms with Gasteiger partial charge in [0.25, 0.3) is 0 Å². The van der Waals surface area contributed by atoms with Crippen LogP contribution < -0.4 is 0 Å². The van der Waals surface area contributed by atoms with Crippen LogP contribution in [0, 0.1) is 0 Å². The smallest absolute Gasteiger partial charge is 0.0965 e. The lowest BCUT2D eigenvalue weighted by atomic mass is 10.0. The van der Waals surface area contributed by atoms with Crippen LogP contribution in [0.3, 0.4) is 0 Å². The van der Waals surface area contributed by atoms with E-state index in [2.05, 4.69) is 44.5 Å². The molecule has 2 nitrogen and oxygen atoms in total. The van der Waals surface area contributed by atoms with Gasteiger partial charge in [0.15, 0.2) is 0 Å². The topological polar surface area (TPSA) is 15.6 Å². The van der Waals surface area contributed by atoms with E-state index < -0.39 is 0 Å². The van der Waals surface area contributed by atoms with Crippen molar-refractivity contribution in [3.8, 4) is 0 Å². The highest BCUT2D eigenvalue weighted by Gasteiger charge is 2.25. The molecule has 12 heavy (non-hydrogen) atoms. The summed E-state index contributed by atoms with van der Waals surface area (Å²) in [6.07, 6.45) is 1.19. The summed E-state index contributed by atoms with van der Waals surface area (Å²) in [6.45, 7) is 12.2. The summed E-state index contributed by atoms with van der Waals surface area (Å²) in [4.78, 5) is 6.96. The Balaban J connectivity index is 2.76. The molecule has 2 heteroatoms. The maximum atomic E-state index is 4.57. The van der Waals surface area contributed by atoms with E-state index in [4.69, 9.17) is 0 Å². The monoisotopic (exact) mass is 168 g/mol. The largest absolute Gasteiger partial charge is 0.356 e. The molecule has 1 heterocycles. The van der Waals surface area contributed by atoms with Gasteiger partial charge in [-0.05, 0) is 41.0 Å². The molecule has 1 unspecified atom stereocenters. The fourth-order valence-electron chi connectivity index (χ4n) is 1.75. The van der Waals surface area contributed by atoms with Gasteiger partial charge in [-0.15, -0.1) is 0 Å². The number of hydrogen-bond donors (Lipinski definition) is 0. The summed E-state index contributed by atoms with van der Waals surface area (Å²) in [5.41, 5.74) is 0.230. The van der Waals surface area contributed by atoms with Gasteiger partial charge in [0.1, 0.15) is 0 Å². The van der Waals surface area contributed by atoms with Crippen molar-refractivity contribution in [2.75, 3.05) is 6.54 Å². The Kier molecular flexibility index (Phi) is 2.45. The highest BCUT2D eigenvalue weighted by Crippen LogP contribution is 2.19. The van der Waals surface area contributed by atoms with E-state index in [-0.39, 0.29) is 5.54 Å². The summed E-state index contributed by atoms with van der Waals surface area (Å²) in [5.74, 6) is 1.20. The van der Waals surface area contributed by atoms with E-state index in [1.807, 2.05) is 0 Å². The zero-order valence-electron chi connectivity index (χ0n) is 8.89. The third kappa shape index (κ3) is 1.99. The van der Waals surface area contributed by atoms with E-state index in [1.165, 1.54) is 12.3 Å². The normalized spacial score (nSPS) is 25.6. The molecule has 1 atom stereocenters. The molecule has 0 spiro atoms. The number of aliphatic imine (C=N–C) groups is 1. The van der Waals surface area contributed by atoms with Crippen LogP contribution in [0.5, 0.6) is 0 Å². The Morgan fingerprint density at radius 3 is 2.42 bits per heavy atom. The van der Waals surface area contributed by atoms with Gasteiger partial charge in [0, 0.05) is 12.1 Å². The van der Waals surface area contributed by atoms with Crippen LogP contribution in [-0.4, -0.2) is 28.9 Å². The predicted molar refractivity (Wildman–Crippen MR) is 53.6 cm³/mol. The molecule has 0 radical (unpaired) electrons. The number of amidine groups is 1. The van der Waals surface area contributed by atoms with Gasteiger partial charge >= 0.3 is 0 Å². The van der Waals surface area contributed by atoms with E-state index in [9.17, 15) is 0 Å². The molecule has 0 N–H and O–H groups in total. The van der Waals surface area contributed by atoms with E-state index in [0.29, 0.717) is 6.04 Å². The van der Waals surface area contributed by atoms with Crippen LogP contribution in [0.25, 0.3) is 0 Å². The minimum absolute atomic E-state index is 0.230. The lowest BCUT2D eigenvalue weighted by Gasteiger charge is -2.40. The first-order valence-electron chi connectivity index (χ1n) is 4.73. The SMILES string of the molecule is CC1=NC(C)CCN1C(C)(C)C. The predicted octanol–water partition coefficient (Wildman–Crippen LogP) is 2.30. The first-order chi connectivity index (χ1) is 5.41. The van der Waals surface area contributed by atoms with Crippen molar-refractivity contribution in [1.82, 2.24) is 4.90 Å². The molecule has 70 valence electrons. The Morgan fingerprint density at radius 2 is 2.00 bits per heavy atom. The molecule has 1 rings (SSSR count). The second kappa shape index (κ2) is 3.08. The zero-order valence-corrected chi connectivity index (χ0v) is 8.89. The molecule has 0 aliphatic carbocycles. The first kappa shape index (κ1) is 9.56. The molecule has 0 aromatic heterocycles. The molecule has 1 aliphatic rings. The highest BCUT2D eigenvalue weighted by molar-refractivity contribution is 5.81. The number of nitrogens with zero attached hydrogens (tertiary/aromatic N) is 2. The fraction of sp³-hybridized carbons (Fsp3) is 0.900. The average Bonchev–Trinajstić information content (AvgIpc) is 1.83. The summed E-state index contributed by atoms with van der Waals surface area (Å²) in [7, 11) is 0. The third-order valence-electron chi connectivity index (χ3n) is 2.38. The van der Waals surface area contributed by atoms with Gasteiger partial charge in [0.05, 0.1) is 11.9 Å². The van der Waals surface area contributed by atoms with Crippen LogP contribution in [0.15, 0.2) is 4.99 Å². The number of hydrogen-bond acceptors (Lipinski definition) is 2. The highest BCUT2D eigenvalue weighted by atomic mass is 15.2. The molecule has 0 amide bonds. The van der Waals surface area contributed by atoms with E-state index in [0.717, 1.165) is 6.54 Å². The van der Waals surface area contributed by atoms with Crippen molar-refractivity contribution in [2.24, 2.45) is 4.99 Å². The van der Waals surface area contributed by atoms with E-state index >= 15 is 0 Å². The molecule has 0 saturated heterocycles. The van der Waals surface area contributed by atoms with E-state index in [1.54, 1.807) is 0 Å². The standard InChI is InChI=1S/C10H20N2/c1-8-6-7-12(9(2)11-8)10(3,4)5/h8H,6-7H2,1-5H3. The van der Waals surface area contributed by atoms with Crippen molar-refractivity contribution < 1.29 is 0 Å². The van der Waals surface area contributed by atoms with Crippen LogP contribution in [0.2, 0.25) is 0 Å². The second-order valence-corrected chi connectivity index (χ2v) is 4.64. The summed E-state index contributed by atoms with van der Waals surface area (Å²) >= 11 is 0. The Labute approximate surface area is 75.7 Å². The van der Waals surface area contributed by atoms with Gasteiger partial charge in [-0.1, -0.05) is 0 Å². The van der Waals surface area contributed by atoms with Gasteiger partial charge in [0.2, 0.25) is 0 Å². The van der Waals surface area contributed by atoms with Crippen molar-refractivity contribution in [3.63, 3.8) is 0 Å². The van der Waals surface area contributed by atoms with Gasteiger partial charge in [-0.25, -0.2) is 0 Å². The van der Waals surface area contributed by atoms with Crippen LogP contribution >= 0.6 is 0 Å². The Hall–Kier alpha value is -0.530. The molecule has 0 bridgehead atoms. The maximum Gasteiger partial charge on any atom is 0.0965 e. The maximum absolute atomic E-state index is 4.57. The van der Waals surface area contributed by atoms with Gasteiger partial charge < -0.3 is 4.90 Å². The van der Waals surface area contributed by atoms with Crippen LogP contribution in [-0.2, 0) is 0 Å². The molecular weight excluding hydrogens is 148 g/mol. The minimum atomic E-state index is 0.230. The fourth-order valence-corrected chi connectivity index (χ4v) is 1.75. The summed E-state index contributed by atoms with van der Waals surface area (Å²) in [5, 5.41) is 0. The number of rotatable bonds is 0. The van der Waals surface area contributed by atoms with Crippen molar-refractivity contribution in [2.45, 2.75) is 52.6 Å². The Bertz CT molecular complexity index is 189. The summed E-state index contributed by atoms with van der Waals surface area (Å²) < 4.78 is 0. The van der Waals surface area contributed by atoms with Gasteiger partial charge in [-0.2, -0.15) is 0 Å². The molecular formula is C10H20N2. The van der Waals surface area contributed by atoms with Crippen LogP contribution in [0.4, 0.5) is 0 Å². The van der Waals surface area contributed by atoms with Crippen molar-refractivity contribution in [1.29, 1.82) is 0 Å². The molecule has 0 aromatic carbocycles. The third-order valence-corrected chi connectivity index (χ3v) is 2.38. The molecule has 0 fully saturated rings. The minimum Gasteiger partial charge on any atom is -0.356 e. The van der Waals surface area contributed by atoms with Gasteiger partial charge in [-0.3, -0.25) is 4.99 Å². The Morgan fingerprint density at radius 1 is 1.42 bits per heavy atom. The lowest BCUT2D eigenvalue weighted by Crippen LogP contribution is -2.48. The molecule has 0 saturated carbocycles. The molecule has 0 aromatic rings. The van der Waals surface area contributed by atoms with Crippen molar-refractivity contribution >= 4 is 5.84 Å².